The summed E-state index contributed by atoms with van der Waals surface area (Å²) in [5.41, 5.74) is 1.08. The molecule has 2 aromatic heterocycles. The third kappa shape index (κ3) is 2.73. The van der Waals surface area contributed by atoms with Gasteiger partial charge in [-0.1, -0.05) is 0 Å². The fraction of sp³-hybridized carbons (Fsp3) is 0.154. The highest BCUT2D eigenvalue weighted by Gasteiger charge is 2.12. The van der Waals surface area contributed by atoms with E-state index in [9.17, 15) is 8.78 Å². The zero-order valence-corrected chi connectivity index (χ0v) is 11.4. The topological polar surface area (TPSA) is 85.0 Å². The molecule has 0 radical (unpaired) electrons. The van der Waals surface area contributed by atoms with Gasteiger partial charge in [-0.15, -0.1) is 0 Å². The molecule has 0 aliphatic rings. The van der Waals surface area contributed by atoms with Gasteiger partial charge >= 0.3 is 6.61 Å². The van der Waals surface area contributed by atoms with Gasteiger partial charge in [-0.25, -0.2) is 9.97 Å². The van der Waals surface area contributed by atoms with Gasteiger partial charge in [0.15, 0.2) is 17.1 Å². The molecule has 7 nitrogen and oxygen atoms in total. The van der Waals surface area contributed by atoms with Crippen molar-refractivity contribution in [2.24, 2.45) is 0 Å². The second-order valence-corrected chi connectivity index (χ2v) is 4.22. The Morgan fingerprint density at radius 3 is 2.86 bits per heavy atom. The highest BCUT2D eigenvalue weighted by Crippen LogP contribution is 2.33. The van der Waals surface area contributed by atoms with Crippen LogP contribution >= 0.6 is 0 Å². The first-order valence-corrected chi connectivity index (χ1v) is 6.21. The van der Waals surface area contributed by atoms with E-state index in [1.54, 1.807) is 12.3 Å². The molecule has 2 N–H and O–H groups in total. The molecule has 3 rings (SSSR count). The number of hydrogen-bond acceptors (Lipinski definition) is 6. The number of aromatic amines is 1. The van der Waals surface area contributed by atoms with Gasteiger partial charge in [0.2, 0.25) is 0 Å². The molecule has 0 unspecified atom stereocenters. The summed E-state index contributed by atoms with van der Waals surface area (Å²) in [5, 5.41) is 10.3. The summed E-state index contributed by atoms with van der Waals surface area (Å²) in [6.45, 7) is -2.94. The van der Waals surface area contributed by atoms with Crippen LogP contribution in [0.1, 0.15) is 0 Å². The van der Waals surface area contributed by atoms with Crippen LogP contribution in [0.5, 0.6) is 11.5 Å². The number of rotatable bonds is 5. The molecule has 0 atom stereocenters. The van der Waals surface area contributed by atoms with Gasteiger partial charge in [0.05, 0.1) is 18.7 Å². The number of halogens is 2. The average molecular weight is 307 g/mol. The van der Waals surface area contributed by atoms with Gasteiger partial charge in [0, 0.05) is 11.8 Å². The first-order valence-electron chi connectivity index (χ1n) is 6.21. The molecule has 9 heteroatoms. The van der Waals surface area contributed by atoms with Crippen LogP contribution < -0.4 is 14.8 Å². The second kappa shape index (κ2) is 5.80. The van der Waals surface area contributed by atoms with Crippen LogP contribution in [-0.2, 0) is 0 Å². The molecule has 0 aliphatic heterocycles. The standard InChI is InChI=1S/C13H11F2N5O2/c1-21-9-3-2-7(4-10(9)22-13(14)15)19-11-8-5-18-20-12(8)17-6-16-11/h2-6,13H,1H3,(H2,16,17,18,19,20). The number of aromatic nitrogens is 4. The summed E-state index contributed by atoms with van der Waals surface area (Å²) >= 11 is 0. The fourth-order valence-corrected chi connectivity index (χ4v) is 1.94. The third-order valence-electron chi connectivity index (χ3n) is 2.89. The number of nitrogens with zero attached hydrogens (tertiary/aromatic N) is 3. The molecule has 0 spiro atoms. The third-order valence-corrected chi connectivity index (χ3v) is 2.89. The van der Waals surface area contributed by atoms with Crippen LogP contribution in [0.3, 0.4) is 0 Å². The smallest absolute Gasteiger partial charge is 0.387 e. The van der Waals surface area contributed by atoms with Crippen LogP contribution in [0.4, 0.5) is 20.3 Å². The first-order chi connectivity index (χ1) is 10.7. The van der Waals surface area contributed by atoms with E-state index < -0.39 is 6.61 Å². The number of ether oxygens (including phenoxy) is 2. The van der Waals surface area contributed by atoms with Crippen molar-refractivity contribution in [3.8, 4) is 11.5 Å². The van der Waals surface area contributed by atoms with E-state index in [4.69, 9.17) is 4.74 Å². The van der Waals surface area contributed by atoms with Crippen molar-refractivity contribution in [3.63, 3.8) is 0 Å². The summed E-state index contributed by atoms with van der Waals surface area (Å²) in [5.74, 6) is 0.633. The molecule has 1 aromatic carbocycles. The van der Waals surface area contributed by atoms with E-state index in [0.29, 0.717) is 22.5 Å². The van der Waals surface area contributed by atoms with E-state index in [2.05, 4.69) is 30.2 Å². The maximum absolute atomic E-state index is 12.4. The molecule has 0 fully saturated rings. The molecule has 0 saturated carbocycles. The van der Waals surface area contributed by atoms with E-state index in [1.807, 2.05) is 0 Å². The Morgan fingerprint density at radius 1 is 1.23 bits per heavy atom. The first kappa shape index (κ1) is 14.0. The lowest BCUT2D eigenvalue weighted by molar-refractivity contribution is -0.0511. The molecule has 2 heterocycles. The second-order valence-electron chi connectivity index (χ2n) is 4.22. The number of fused-ring (bicyclic) bond motifs is 1. The van der Waals surface area contributed by atoms with Crippen molar-refractivity contribution in [3.05, 3.63) is 30.7 Å². The molecule has 114 valence electrons. The Hall–Kier alpha value is -2.97. The van der Waals surface area contributed by atoms with Crippen molar-refractivity contribution >= 4 is 22.5 Å². The number of benzene rings is 1. The highest BCUT2D eigenvalue weighted by atomic mass is 19.3. The minimum absolute atomic E-state index is 0.0695. The Kier molecular flexibility index (Phi) is 3.69. The van der Waals surface area contributed by atoms with E-state index in [-0.39, 0.29) is 11.5 Å². The lowest BCUT2D eigenvalue weighted by Crippen LogP contribution is -2.04. The Balaban J connectivity index is 1.93. The van der Waals surface area contributed by atoms with E-state index in [0.717, 1.165) is 0 Å². The van der Waals surface area contributed by atoms with Crippen molar-refractivity contribution in [2.75, 3.05) is 12.4 Å². The number of nitrogens with one attached hydrogen (secondary N) is 2. The number of methoxy groups -OCH3 is 1. The summed E-state index contributed by atoms with van der Waals surface area (Å²) in [4.78, 5) is 8.12. The quantitative estimate of drug-likeness (QED) is 0.754. The minimum atomic E-state index is -2.94. The van der Waals surface area contributed by atoms with Crippen LogP contribution in [0.15, 0.2) is 30.7 Å². The lowest BCUT2D eigenvalue weighted by Gasteiger charge is -2.12. The van der Waals surface area contributed by atoms with Gasteiger partial charge in [-0.3, -0.25) is 5.10 Å². The molecular weight excluding hydrogens is 296 g/mol. The van der Waals surface area contributed by atoms with Crippen LogP contribution in [-0.4, -0.2) is 33.9 Å². The fourth-order valence-electron chi connectivity index (χ4n) is 1.94. The van der Waals surface area contributed by atoms with Crippen LogP contribution in [0, 0.1) is 0 Å². The molecule has 0 bridgehead atoms. The summed E-state index contributed by atoms with van der Waals surface area (Å²) in [7, 11) is 1.38. The molecule has 0 aliphatic carbocycles. The normalized spacial score (nSPS) is 10.9. The molecular formula is C13H11F2N5O2. The SMILES string of the molecule is COc1ccc(Nc2ncnc3[nH]ncc23)cc1OC(F)F. The monoisotopic (exact) mass is 307 g/mol. The summed E-state index contributed by atoms with van der Waals surface area (Å²) in [6, 6.07) is 4.58. The molecule has 0 saturated heterocycles. The molecule has 0 amide bonds. The predicted octanol–water partition coefficient (Wildman–Crippen LogP) is 2.71. The van der Waals surface area contributed by atoms with Crippen molar-refractivity contribution in [1.82, 2.24) is 20.2 Å². The lowest BCUT2D eigenvalue weighted by atomic mass is 10.2. The minimum Gasteiger partial charge on any atom is -0.493 e. The van der Waals surface area contributed by atoms with Gasteiger partial charge < -0.3 is 14.8 Å². The number of hydrogen-bond donors (Lipinski definition) is 2. The molecule has 22 heavy (non-hydrogen) atoms. The van der Waals surface area contributed by atoms with E-state index in [1.165, 1.54) is 25.6 Å². The average Bonchev–Trinajstić information content (AvgIpc) is 2.96. The maximum Gasteiger partial charge on any atom is 0.387 e. The van der Waals surface area contributed by atoms with E-state index >= 15 is 0 Å². The van der Waals surface area contributed by atoms with Gasteiger partial charge in [-0.2, -0.15) is 13.9 Å². The predicted molar refractivity (Wildman–Crippen MR) is 74.6 cm³/mol. The zero-order chi connectivity index (χ0) is 15.5. The van der Waals surface area contributed by atoms with Gasteiger partial charge in [0.25, 0.3) is 0 Å². The van der Waals surface area contributed by atoms with Crippen LogP contribution in [0.25, 0.3) is 11.0 Å². The molecule has 3 aromatic rings. The summed E-state index contributed by atoms with van der Waals surface area (Å²) in [6.07, 6.45) is 2.93. The maximum atomic E-state index is 12.4. The zero-order valence-electron chi connectivity index (χ0n) is 11.4. The van der Waals surface area contributed by atoms with Crippen molar-refractivity contribution in [1.29, 1.82) is 0 Å². The van der Waals surface area contributed by atoms with Crippen molar-refractivity contribution < 1.29 is 18.3 Å². The van der Waals surface area contributed by atoms with Crippen LogP contribution in [0.2, 0.25) is 0 Å². The van der Waals surface area contributed by atoms with Crippen molar-refractivity contribution in [2.45, 2.75) is 6.61 Å². The highest BCUT2D eigenvalue weighted by molar-refractivity contribution is 5.87. The number of alkyl halides is 2. The Bertz CT molecular complexity index is 793. The Labute approximate surface area is 123 Å². The number of H-pyrrole nitrogens is 1. The van der Waals surface area contributed by atoms with Gasteiger partial charge in [-0.05, 0) is 12.1 Å². The van der Waals surface area contributed by atoms with Gasteiger partial charge in [0.1, 0.15) is 12.1 Å². The Morgan fingerprint density at radius 2 is 2.09 bits per heavy atom. The summed E-state index contributed by atoms with van der Waals surface area (Å²) < 4.78 is 34.3. The number of anilines is 2. The largest absolute Gasteiger partial charge is 0.493 e.